The minimum atomic E-state index is -0.165. The summed E-state index contributed by atoms with van der Waals surface area (Å²) in [5, 5.41) is 0. The Morgan fingerprint density at radius 2 is 1.56 bits per heavy atom. The molecule has 0 spiro atoms. The first-order valence-corrected chi connectivity index (χ1v) is 5.58. The van der Waals surface area contributed by atoms with E-state index in [1.54, 1.807) is 0 Å². The first-order chi connectivity index (χ1) is 7.77. The van der Waals surface area contributed by atoms with Gasteiger partial charge in [-0.3, -0.25) is 0 Å². The standard InChI is InChI=1S/C15H16N/c1-12-7-5-6-10-14(12)11-15(16)13-8-3-2-4-9-13/h2-10,15-16H,11H2,1H3. The lowest BCUT2D eigenvalue weighted by Crippen LogP contribution is -2.04. The molecule has 0 aromatic heterocycles. The van der Waals surface area contributed by atoms with Crippen molar-refractivity contribution in [1.82, 2.24) is 5.73 Å². The maximum atomic E-state index is 8.15. The van der Waals surface area contributed by atoms with Gasteiger partial charge >= 0.3 is 0 Å². The molecule has 1 unspecified atom stereocenters. The van der Waals surface area contributed by atoms with E-state index in [4.69, 9.17) is 5.73 Å². The lowest BCUT2D eigenvalue weighted by Gasteiger charge is -2.12. The van der Waals surface area contributed by atoms with E-state index >= 15 is 0 Å². The van der Waals surface area contributed by atoms with Crippen LogP contribution in [0.15, 0.2) is 54.6 Å². The molecule has 0 saturated carbocycles. The molecule has 0 amide bonds. The minimum Gasteiger partial charge on any atom is -0.249 e. The van der Waals surface area contributed by atoms with E-state index in [0.717, 1.165) is 12.0 Å². The van der Waals surface area contributed by atoms with Gasteiger partial charge in [0.15, 0.2) is 0 Å². The van der Waals surface area contributed by atoms with Crippen molar-refractivity contribution in [2.45, 2.75) is 19.4 Å². The molecule has 2 aromatic rings. The molecule has 2 rings (SSSR count). The van der Waals surface area contributed by atoms with E-state index in [0.29, 0.717) is 0 Å². The van der Waals surface area contributed by atoms with Gasteiger partial charge in [-0.15, -0.1) is 0 Å². The molecule has 1 heteroatoms. The zero-order valence-electron chi connectivity index (χ0n) is 9.48. The summed E-state index contributed by atoms with van der Waals surface area (Å²) in [5.41, 5.74) is 11.8. The fourth-order valence-electron chi connectivity index (χ4n) is 1.86. The SMILES string of the molecule is Cc1ccccc1CC([NH])c1ccccc1. The van der Waals surface area contributed by atoms with Gasteiger partial charge in [0, 0.05) is 0 Å². The number of benzene rings is 2. The summed E-state index contributed by atoms with van der Waals surface area (Å²) in [6.45, 7) is 2.10. The highest BCUT2D eigenvalue weighted by molar-refractivity contribution is 5.28. The topological polar surface area (TPSA) is 23.8 Å². The Morgan fingerprint density at radius 1 is 0.938 bits per heavy atom. The molecule has 1 nitrogen and oxygen atoms in total. The third kappa shape index (κ3) is 2.50. The minimum absolute atomic E-state index is 0.165. The lowest BCUT2D eigenvalue weighted by atomic mass is 9.97. The van der Waals surface area contributed by atoms with E-state index in [9.17, 15) is 0 Å². The molecule has 0 bridgehead atoms. The van der Waals surface area contributed by atoms with Crippen molar-refractivity contribution in [3.8, 4) is 0 Å². The van der Waals surface area contributed by atoms with Crippen molar-refractivity contribution < 1.29 is 0 Å². The Bertz CT molecular complexity index is 448. The normalized spacial score (nSPS) is 12.4. The first-order valence-electron chi connectivity index (χ1n) is 5.58. The summed E-state index contributed by atoms with van der Waals surface area (Å²) in [6.07, 6.45) is 0.788. The summed E-state index contributed by atoms with van der Waals surface area (Å²) >= 11 is 0. The molecule has 0 aliphatic rings. The van der Waals surface area contributed by atoms with Crippen molar-refractivity contribution in [2.24, 2.45) is 0 Å². The Morgan fingerprint density at radius 3 is 2.25 bits per heavy atom. The van der Waals surface area contributed by atoms with Gasteiger partial charge in [0.1, 0.15) is 0 Å². The Labute approximate surface area is 96.9 Å². The van der Waals surface area contributed by atoms with Gasteiger partial charge in [0.2, 0.25) is 0 Å². The molecule has 1 radical (unpaired) electrons. The highest BCUT2D eigenvalue weighted by Crippen LogP contribution is 2.19. The second-order valence-corrected chi connectivity index (χ2v) is 4.09. The van der Waals surface area contributed by atoms with Crippen LogP contribution in [0.1, 0.15) is 22.7 Å². The second-order valence-electron chi connectivity index (χ2n) is 4.09. The van der Waals surface area contributed by atoms with Crippen LogP contribution in [-0.2, 0) is 6.42 Å². The zero-order valence-corrected chi connectivity index (χ0v) is 9.48. The van der Waals surface area contributed by atoms with E-state index in [-0.39, 0.29) is 6.04 Å². The average Bonchev–Trinajstić information content (AvgIpc) is 2.33. The molecule has 0 saturated heterocycles. The summed E-state index contributed by atoms with van der Waals surface area (Å²) < 4.78 is 0. The van der Waals surface area contributed by atoms with Gasteiger partial charge in [-0.05, 0) is 30.0 Å². The maximum absolute atomic E-state index is 8.15. The highest BCUT2D eigenvalue weighted by Gasteiger charge is 2.08. The Kier molecular flexibility index (Phi) is 3.37. The molecule has 0 fully saturated rings. The molecule has 2 aromatic carbocycles. The van der Waals surface area contributed by atoms with E-state index < -0.39 is 0 Å². The number of hydrogen-bond donors (Lipinski definition) is 0. The van der Waals surface area contributed by atoms with Crippen molar-refractivity contribution in [2.75, 3.05) is 0 Å². The van der Waals surface area contributed by atoms with Crippen molar-refractivity contribution in [1.29, 1.82) is 0 Å². The van der Waals surface area contributed by atoms with Gasteiger partial charge in [-0.2, -0.15) is 0 Å². The number of rotatable bonds is 3. The van der Waals surface area contributed by atoms with Crippen LogP contribution in [0.4, 0.5) is 0 Å². The van der Waals surface area contributed by atoms with Crippen LogP contribution in [0.3, 0.4) is 0 Å². The zero-order chi connectivity index (χ0) is 11.4. The largest absolute Gasteiger partial charge is 0.249 e. The lowest BCUT2D eigenvalue weighted by molar-refractivity contribution is 0.695. The maximum Gasteiger partial charge on any atom is 0.0502 e. The van der Waals surface area contributed by atoms with Crippen LogP contribution < -0.4 is 5.73 Å². The molecule has 0 aliphatic carbocycles. The Balaban J connectivity index is 2.14. The van der Waals surface area contributed by atoms with Crippen LogP contribution >= 0.6 is 0 Å². The van der Waals surface area contributed by atoms with E-state index in [1.165, 1.54) is 11.1 Å². The third-order valence-corrected chi connectivity index (χ3v) is 2.89. The van der Waals surface area contributed by atoms with Crippen LogP contribution in [0.5, 0.6) is 0 Å². The molecule has 1 N–H and O–H groups in total. The van der Waals surface area contributed by atoms with Gasteiger partial charge < -0.3 is 0 Å². The van der Waals surface area contributed by atoms with Crippen LogP contribution in [0.25, 0.3) is 0 Å². The molecular weight excluding hydrogens is 194 g/mol. The average molecular weight is 210 g/mol. The fourth-order valence-corrected chi connectivity index (χ4v) is 1.86. The smallest absolute Gasteiger partial charge is 0.0502 e. The molecule has 1 atom stereocenters. The fraction of sp³-hybridized carbons (Fsp3) is 0.200. The molecule has 0 aliphatic heterocycles. The molecular formula is C15H16N. The van der Waals surface area contributed by atoms with Gasteiger partial charge in [-0.25, -0.2) is 5.73 Å². The molecule has 16 heavy (non-hydrogen) atoms. The number of hydrogen-bond acceptors (Lipinski definition) is 0. The van der Waals surface area contributed by atoms with E-state index in [2.05, 4.69) is 19.1 Å². The van der Waals surface area contributed by atoms with Crippen LogP contribution in [-0.4, -0.2) is 0 Å². The Hall–Kier alpha value is -1.60. The summed E-state index contributed by atoms with van der Waals surface area (Å²) in [7, 11) is 0. The van der Waals surface area contributed by atoms with Crippen LogP contribution in [0.2, 0.25) is 0 Å². The van der Waals surface area contributed by atoms with E-state index in [1.807, 2.05) is 42.5 Å². The first kappa shape index (κ1) is 10.9. The molecule has 81 valence electrons. The van der Waals surface area contributed by atoms with Gasteiger partial charge in [0.05, 0.1) is 6.04 Å². The van der Waals surface area contributed by atoms with Crippen molar-refractivity contribution in [3.63, 3.8) is 0 Å². The highest BCUT2D eigenvalue weighted by atomic mass is 14.6. The molecule has 0 heterocycles. The monoisotopic (exact) mass is 210 g/mol. The predicted octanol–water partition coefficient (Wildman–Crippen LogP) is 3.56. The van der Waals surface area contributed by atoms with Crippen LogP contribution in [0, 0.1) is 6.92 Å². The number of nitrogens with one attached hydrogen (secondary N) is 1. The number of aryl methyl sites for hydroxylation is 1. The third-order valence-electron chi connectivity index (χ3n) is 2.89. The van der Waals surface area contributed by atoms with Gasteiger partial charge in [0.25, 0.3) is 0 Å². The van der Waals surface area contributed by atoms with Gasteiger partial charge in [-0.1, -0.05) is 54.6 Å². The predicted molar refractivity (Wildman–Crippen MR) is 67.2 cm³/mol. The summed E-state index contributed by atoms with van der Waals surface area (Å²) in [6, 6.07) is 18.2. The quantitative estimate of drug-likeness (QED) is 0.739. The summed E-state index contributed by atoms with van der Waals surface area (Å²) in [4.78, 5) is 0. The summed E-state index contributed by atoms with van der Waals surface area (Å²) in [5.74, 6) is 0. The van der Waals surface area contributed by atoms with Crippen molar-refractivity contribution >= 4 is 0 Å². The second kappa shape index (κ2) is 4.95. The van der Waals surface area contributed by atoms with Crippen molar-refractivity contribution in [3.05, 3.63) is 71.3 Å².